The average Bonchev–Trinajstić information content (AvgIpc) is 3.20. The summed E-state index contributed by atoms with van der Waals surface area (Å²) in [5, 5.41) is 3.03. The van der Waals surface area contributed by atoms with Gasteiger partial charge in [-0.15, -0.1) is 0 Å². The van der Waals surface area contributed by atoms with E-state index in [4.69, 9.17) is 11.6 Å². The van der Waals surface area contributed by atoms with Crippen LogP contribution in [0.5, 0.6) is 0 Å². The minimum Gasteiger partial charge on any atom is -0.308 e. The fraction of sp³-hybridized carbons (Fsp3) is 0. The van der Waals surface area contributed by atoms with Crippen molar-refractivity contribution in [3.8, 4) is 27.9 Å². The van der Waals surface area contributed by atoms with Gasteiger partial charge in [0, 0.05) is 21.9 Å². The quantitative estimate of drug-likeness (QED) is 0.265. The second-order valence-corrected chi connectivity index (χ2v) is 8.33. The Morgan fingerprint density at radius 2 is 1.00 bits per heavy atom. The first-order valence-electron chi connectivity index (χ1n) is 10.7. The maximum absolute atomic E-state index is 6.74. The van der Waals surface area contributed by atoms with Crippen LogP contribution in [0.25, 0.3) is 49.7 Å². The second kappa shape index (κ2) is 7.71. The molecular weight excluding hydrogens is 410 g/mol. The number of hydrogen-bond acceptors (Lipinski definition) is 0. The molecule has 32 heavy (non-hydrogen) atoms. The van der Waals surface area contributed by atoms with E-state index in [-0.39, 0.29) is 0 Å². The van der Waals surface area contributed by atoms with E-state index in [9.17, 15) is 0 Å². The predicted octanol–water partition coefficient (Wildman–Crippen LogP) is 8.77. The fourth-order valence-electron chi connectivity index (χ4n) is 4.70. The lowest BCUT2D eigenvalue weighted by Gasteiger charge is -2.19. The van der Waals surface area contributed by atoms with Gasteiger partial charge in [-0.3, -0.25) is 0 Å². The van der Waals surface area contributed by atoms with Crippen molar-refractivity contribution in [3.05, 3.63) is 126 Å². The Morgan fingerprint density at radius 3 is 1.66 bits per heavy atom. The number of hydrogen-bond donors (Lipinski definition) is 0. The highest BCUT2D eigenvalue weighted by Gasteiger charge is 2.20. The van der Waals surface area contributed by atoms with Gasteiger partial charge in [-0.1, -0.05) is 115 Å². The maximum atomic E-state index is 6.74. The monoisotopic (exact) mass is 429 g/mol. The van der Waals surface area contributed by atoms with Crippen molar-refractivity contribution >= 4 is 33.4 Å². The van der Waals surface area contributed by atoms with Crippen molar-refractivity contribution in [2.24, 2.45) is 0 Å². The van der Waals surface area contributed by atoms with Crippen LogP contribution >= 0.6 is 11.6 Å². The molecule has 0 aliphatic carbocycles. The molecule has 1 heterocycles. The van der Waals surface area contributed by atoms with Crippen molar-refractivity contribution in [3.63, 3.8) is 0 Å². The predicted molar refractivity (Wildman–Crippen MR) is 137 cm³/mol. The summed E-state index contributed by atoms with van der Waals surface area (Å²) in [6, 6.07) is 42.5. The van der Waals surface area contributed by atoms with Crippen molar-refractivity contribution in [2.75, 3.05) is 0 Å². The molecule has 0 N–H and O–H groups in total. The Balaban J connectivity index is 1.82. The second-order valence-electron chi connectivity index (χ2n) is 7.92. The zero-order chi connectivity index (χ0) is 21.5. The van der Waals surface area contributed by atoms with Crippen molar-refractivity contribution < 1.29 is 0 Å². The Bertz CT molecular complexity index is 1510. The number of fused-ring (bicyclic) bond motifs is 3. The normalized spacial score (nSPS) is 11.3. The summed E-state index contributed by atoms with van der Waals surface area (Å²) in [7, 11) is 0. The Hall–Kier alpha value is -3.81. The highest BCUT2D eigenvalue weighted by molar-refractivity contribution is 6.38. The molecule has 0 spiro atoms. The third kappa shape index (κ3) is 2.94. The number of benzene rings is 5. The molecule has 0 atom stereocenters. The van der Waals surface area contributed by atoms with Gasteiger partial charge in [0.1, 0.15) is 0 Å². The van der Waals surface area contributed by atoms with Crippen molar-refractivity contribution in [1.29, 1.82) is 0 Å². The molecule has 0 amide bonds. The van der Waals surface area contributed by atoms with E-state index in [1.807, 2.05) is 12.1 Å². The smallest absolute Gasteiger partial charge is 0.0618 e. The number of aromatic nitrogens is 1. The molecule has 0 bridgehead atoms. The lowest BCUT2D eigenvalue weighted by Crippen LogP contribution is -2.00. The fourth-order valence-corrected chi connectivity index (χ4v) is 4.97. The van der Waals surface area contributed by atoms with Gasteiger partial charge in [-0.05, 0) is 29.3 Å². The Kier molecular flexibility index (Phi) is 4.56. The van der Waals surface area contributed by atoms with Gasteiger partial charge in [-0.25, -0.2) is 0 Å². The summed E-state index contributed by atoms with van der Waals surface area (Å²) in [4.78, 5) is 0. The van der Waals surface area contributed by atoms with Gasteiger partial charge in [0.2, 0.25) is 0 Å². The standard InChI is InChI=1S/C30H20ClN/c31-26-18-10-20-28-29(26)25-15-7-8-19-27(25)32(28)30-23(21-11-3-1-4-12-21)16-9-17-24(30)22-13-5-2-6-14-22/h1-20H. The summed E-state index contributed by atoms with van der Waals surface area (Å²) in [6.45, 7) is 0. The summed E-state index contributed by atoms with van der Waals surface area (Å²) >= 11 is 6.74. The maximum Gasteiger partial charge on any atom is 0.0618 e. The number of halogens is 1. The molecule has 5 aromatic carbocycles. The van der Waals surface area contributed by atoms with E-state index in [0.29, 0.717) is 0 Å². The molecule has 2 heteroatoms. The van der Waals surface area contributed by atoms with Gasteiger partial charge >= 0.3 is 0 Å². The van der Waals surface area contributed by atoms with Crippen LogP contribution in [-0.2, 0) is 0 Å². The first-order valence-corrected chi connectivity index (χ1v) is 11.1. The van der Waals surface area contributed by atoms with Crippen molar-refractivity contribution in [1.82, 2.24) is 4.57 Å². The molecule has 0 saturated heterocycles. The van der Waals surface area contributed by atoms with Crippen molar-refractivity contribution in [2.45, 2.75) is 0 Å². The van der Waals surface area contributed by atoms with Crippen LogP contribution in [0, 0.1) is 0 Å². The summed E-state index contributed by atoms with van der Waals surface area (Å²) in [6.07, 6.45) is 0. The van der Waals surface area contributed by atoms with Crippen LogP contribution in [0.1, 0.15) is 0 Å². The van der Waals surface area contributed by atoms with Gasteiger partial charge in [-0.2, -0.15) is 0 Å². The van der Waals surface area contributed by atoms with Gasteiger partial charge in [0.05, 0.1) is 21.7 Å². The molecule has 1 aromatic heterocycles. The zero-order valence-corrected chi connectivity index (χ0v) is 18.1. The van der Waals surface area contributed by atoms with E-state index in [1.54, 1.807) is 0 Å². The van der Waals surface area contributed by atoms with E-state index < -0.39 is 0 Å². The summed E-state index contributed by atoms with van der Waals surface area (Å²) in [5.41, 5.74) is 8.18. The molecule has 0 saturated carbocycles. The minimum atomic E-state index is 0.774. The number of para-hydroxylation sites is 2. The molecule has 0 radical (unpaired) electrons. The Labute approximate surface area is 192 Å². The van der Waals surface area contributed by atoms with Crippen LogP contribution in [0.3, 0.4) is 0 Å². The lowest BCUT2D eigenvalue weighted by molar-refractivity contribution is 1.18. The van der Waals surface area contributed by atoms with E-state index in [2.05, 4.69) is 114 Å². The molecule has 1 nitrogen and oxygen atoms in total. The van der Waals surface area contributed by atoms with Gasteiger partial charge in [0.15, 0.2) is 0 Å². The minimum absolute atomic E-state index is 0.774. The largest absolute Gasteiger partial charge is 0.308 e. The molecule has 0 aliphatic heterocycles. The van der Waals surface area contributed by atoms with E-state index >= 15 is 0 Å². The average molecular weight is 430 g/mol. The molecule has 152 valence electrons. The molecule has 0 aliphatic rings. The van der Waals surface area contributed by atoms with Crippen LogP contribution in [0.2, 0.25) is 5.02 Å². The van der Waals surface area contributed by atoms with Crippen LogP contribution in [-0.4, -0.2) is 4.57 Å². The van der Waals surface area contributed by atoms with E-state index in [1.165, 1.54) is 27.9 Å². The van der Waals surface area contributed by atoms with Gasteiger partial charge < -0.3 is 4.57 Å². The zero-order valence-electron chi connectivity index (χ0n) is 17.4. The first-order chi connectivity index (χ1) is 15.8. The SMILES string of the molecule is Clc1cccc2c1c1ccccc1n2-c1c(-c2ccccc2)cccc1-c1ccccc1. The van der Waals surface area contributed by atoms with E-state index in [0.717, 1.165) is 26.8 Å². The van der Waals surface area contributed by atoms with Gasteiger partial charge in [0.25, 0.3) is 0 Å². The Morgan fingerprint density at radius 1 is 0.469 bits per heavy atom. The number of rotatable bonds is 3. The highest BCUT2D eigenvalue weighted by atomic mass is 35.5. The lowest BCUT2D eigenvalue weighted by atomic mass is 9.95. The molecular formula is C30H20ClN. The van der Waals surface area contributed by atoms with Crippen LogP contribution in [0.15, 0.2) is 121 Å². The molecule has 0 fully saturated rings. The molecule has 0 unspecified atom stereocenters. The molecule has 6 aromatic rings. The third-order valence-corrected chi connectivity index (χ3v) is 6.39. The number of nitrogens with zero attached hydrogens (tertiary/aromatic N) is 1. The first kappa shape index (κ1) is 18.9. The topological polar surface area (TPSA) is 4.93 Å². The highest BCUT2D eigenvalue weighted by Crippen LogP contribution is 2.42. The third-order valence-electron chi connectivity index (χ3n) is 6.08. The summed E-state index contributed by atoms with van der Waals surface area (Å²) in [5.74, 6) is 0. The summed E-state index contributed by atoms with van der Waals surface area (Å²) < 4.78 is 2.38. The van der Waals surface area contributed by atoms with Crippen LogP contribution in [0.4, 0.5) is 0 Å². The molecule has 6 rings (SSSR count). The van der Waals surface area contributed by atoms with Crippen LogP contribution < -0.4 is 0 Å².